The number of H-pyrrole nitrogens is 1. The van der Waals surface area contributed by atoms with E-state index in [0.717, 1.165) is 15.8 Å². The van der Waals surface area contributed by atoms with Gasteiger partial charge < -0.3 is 15.2 Å². The number of hydrogen-bond acceptors (Lipinski definition) is 5. The number of carbonyl (C=O) groups excluding carboxylic acids is 2. The molecule has 0 unspecified atom stereocenters. The van der Waals surface area contributed by atoms with Crippen molar-refractivity contribution in [1.82, 2.24) is 34.9 Å². The predicted octanol–water partition coefficient (Wildman–Crippen LogP) is 2.37. The van der Waals surface area contributed by atoms with Crippen LogP contribution in [0.5, 0.6) is 0 Å². The Morgan fingerprint density at radius 2 is 2.09 bits per heavy atom. The molecular formula is C20H16ClF2N7O2. The second-order valence-electron chi connectivity index (χ2n) is 7.58. The molecule has 1 aliphatic heterocycles. The van der Waals surface area contributed by atoms with Gasteiger partial charge in [-0.1, -0.05) is 11.6 Å². The van der Waals surface area contributed by atoms with E-state index in [4.69, 9.17) is 11.6 Å². The summed E-state index contributed by atoms with van der Waals surface area (Å²) in [6.45, 7) is -1.65. The van der Waals surface area contributed by atoms with Crippen molar-refractivity contribution in [3.63, 3.8) is 0 Å². The molecule has 0 aliphatic carbocycles. The fraction of sp³-hybridized carbons (Fsp3) is 0.250. The first-order chi connectivity index (χ1) is 15.2. The number of alkyl halides is 2. The van der Waals surface area contributed by atoms with Gasteiger partial charge in [-0.15, -0.1) is 0 Å². The van der Waals surface area contributed by atoms with Crippen LogP contribution in [0.4, 0.5) is 8.78 Å². The molecular weight excluding hydrogens is 444 g/mol. The molecule has 4 heterocycles. The molecule has 2 amide bonds. The zero-order valence-corrected chi connectivity index (χ0v) is 17.5. The van der Waals surface area contributed by atoms with Crippen LogP contribution in [0.1, 0.15) is 10.4 Å². The van der Waals surface area contributed by atoms with Crippen molar-refractivity contribution in [3.8, 4) is 11.4 Å². The number of carbonyl (C=O) groups is 2. The summed E-state index contributed by atoms with van der Waals surface area (Å²) in [5.41, 5.74) is 2.72. The van der Waals surface area contributed by atoms with Gasteiger partial charge in [0.15, 0.2) is 5.65 Å². The fourth-order valence-electron chi connectivity index (χ4n) is 3.65. The molecule has 5 rings (SSSR count). The maximum atomic E-state index is 12.9. The monoisotopic (exact) mass is 459 g/mol. The lowest BCUT2D eigenvalue weighted by atomic mass is 10.1. The van der Waals surface area contributed by atoms with Crippen LogP contribution in [0.3, 0.4) is 0 Å². The van der Waals surface area contributed by atoms with Crippen molar-refractivity contribution < 1.29 is 18.4 Å². The summed E-state index contributed by atoms with van der Waals surface area (Å²) < 4.78 is 27.5. The number of rotatable bonds is 4. The summed E-state index contributed by atoms with van der Waals surface area (Å²) in [6, 6.07) is 5.38. The lowest BCUT2D eigenvalue weighted by Gasteiger charge is -2.38. The van der Waals surface area contributed by atoms with Gasteiger partial charge in [0, 0.05) is 23.7 Å². The van der Waals surface area contributed by atoms with E-state index in [1.54, 1.807) is 30.1 Å². The Kier molecular flexibility index (Phi) is 4.59. The summed E-state index contributed by atoms with van der Waals surface area (Å²) in [4.78, 5) is 37.3. The first kappa shape index (κ1) is 20.3. The van der Waals surface area contributed by atoms with E-state index in [1.165, 1.54) is 6.20 Å². The Hall–Kier alpha value is -3.60. The number of aryl methyl sites for hydroxylation is 1. The van der Waals surface area contributed by atoms with Gasteiger partial charge in [-0.25, -0.2) is 18.7 Å². The van der Waals surface area contributed by atoms with Crippen molar-refractivity contribution in [2.45, 2.75) is 5.92 Å². The Labute approximate surface area is 184 Å². The van der Waals surface area contributed by atoms with Gasteiger partial charge in [-0.2, -0.15) is 5.10 Å². The predicted molar refractivity (Wildman–Crippen MR) is 112 cm³/mol. The molecule has 0 bridgehead atoms. The number of amides is 2. The normalized spacial score (nSPS) is 15.2. The summed E-state index contributed by atoms with van der Waals surface area (Å²) in [5, 5.41) is 8.36. The van der Waals surface area contributed by atoms with E-state index in [2.05, 4.69) is 25.4 Å². The van der Waals surface area contributed by atoms with E-state index >= 15 is 0 Å². The third kappa shape index (κ3) is 3.44. The number of aromatic amines is 1. The van der Waals surface area contributed by atoms with Crippen molar-refractivity contribution in [2.75, 3.05) is 19.6 Å². The van der Waals surface area contributed by atoms with Crippen molar-refractivity contribution in [3.05, 3.63) is 41.2 Å². The minimum atomic E-state index is -2.86. The Bertz CT molecular complexity index is 1390. The van der Waals surface area contributed by atoms with Gasteiger partial charge in [-0.3, -0.25) is 14.3 Å². The van der Waals surface area contributed by atoms with E-state index < -0.39 is 30.8 Å². The molecule has 1 aromatic carbocycles. The highest BCUT2D eigenvalue weighted by atomic mass is 35.5. The van der Waals surface area contributed by atoms with Crippen LogP contribution in [-0.4, -0.2) is 67.0 Å². The molecule has 1 aliphatic rings. The molecule has 12 heteroatoms. The molecule has 4 aromatic rings. The Balaban J connectivity index is 1.41. The van der Waals surface area contributed by atoms with Crippen molar-refractivity contribution >= 4 is 45.5 Å². The highest BCUT2D eigenvalue weighted by Crippen LogP contribution is 2.29. The average molecular weight is 460 g/mol. The number of likely N-dealkylation sites (tertiary alicyclic amines) is 1. The summed E-state index contributed by atoms with van der Waals surface area (Å²) >= 11 is 6.08. The molecule has 1 fully saturated rings. The molecule has 9 nitrogen and oxygen atoms in total. The molecule has 0 spiro atoms. The highest BCUT2D eigenvalue weighted by Gasteiger charge is 2.46. The first-order valence-corrected chi connectivity index (χ1v) is 10.0. The van der Waals surface area contributed by atoms with E-state index in [1.807, 2.05) is 6.07 Å². The van der Waals surface area contributed by atoms with Crippen molar-refractivity contribution in [2.24, 2.45) is 7.05 Å². The quantitative estimate of drug-likeness (QED) is 0.487. The van der Waals surface area contributed by atoms with Gasteiger partial charge in [0.1, 0.15) is 16.9 Å². The number of aromatic nitrogens is 5. The fourth-order valence-corrected chi connectivity index (χ4v) is 3.82. The van der Waals surface area contributed by atoms with Gasteiger partial charge in [0.2, 0.25) is 5.91 Å². The maximum absolute atomic E-state index is 12.9. The number of nitrogens with zero attached hydrogens (tertiary/aromatic N) is 5. The summed E-state index contributed by atoms with van der Waals surface area (Å²) in [7, 11) is 1.79. The van der Waals surface area contributed by atoms with Gasteiger partial charge in [-0.05, 0) is 18.2 Å². The van der Waals surface area contributed by atoms with Crippen LogP contribution in [0.2, 0.25) is 5.02 Å². The molecule has 0 atom stereocenters. The highest BCUT2D eigenvalue weighted by molar-refractivity contribution is 6.31. The molecule has 3 aromatic heterocycles. The van der Waals surface area contributed by atoms with E-state index in [-0.39, 0.29) is 12.1 Å². The third-order valence-corrected chi connectivity index (χ3v) is 5.51. The zero-order chi connectivity index (χ0) is 22.6. The first-order valence-electron chi connectivity index (χ1n) is 9.62. The Morgan fingerprint density at radius 3 is 2.84 bits per heavy atom. The molecule has 164 valence electrons. The van der Waals surface area contributed by atoms with Crippen LogP contribution in [-0.2, 0) is 11.8 Å². The van der Waals surface area contributed by atoms with Crippen LogP contribution in [0.25, 0.3) is 33.5 Å². The van der Waals surface area contributed by atoms with Gasteiger partial charge in [0.25, 0.3) is 11.8 Å². The minimum Gasteiger partial charge on any atom is -0.344 e. The van der Waals surface area contributed by atoms with Crippen LogP contribution < -0.4 is 5.32 Å². The number of benzene rings is 1. The third-order valence-electron chi connectivity index (χ3n) is 5.28. The average Bonchev–Trinajstić information content (AvgIpc) is 3.30. The van der Waals surface area contributed by atoms with Crippen LogP contribution in [0, 0.1) is 0 Å². The standard InChI is InChI=1S/C20H16ClF2N7O2/c1-29-14-4-10(21)2-3-11(14)16(28-29)13-6-25-18-17(27-13)12(5-24-18)19(32)26-7-15(31)30-8-20(22,23)9-30/h2-6H,7-9H2,1H3,(H,24,25)(H,26,32). The maximum Gasteiger partial charge on any atom is 0.282 e. The second-order valence-corrected chi connectivity index (χ2v) is 8.01. The molecule has 0 saturated carbocycles. The topological polar surface area (TPSA) is 109 Å². The minimum absolute atomic E-state index is 0.180. The SMILES string of the molecule is Cn1nc(-c2cnc3[nH]cc(C(=O)NCC(=O)N4CC(F)(F)C4)c3n2)c2ccc(Cl)cc21. The molecule has 2 N–H and O–H groups in total. The smallest absolute Gasteiger partial charge is 0.282 e. The molecule has 0 radical (unpaired) electrons. The van der Waals surface area contributed by atoms with Gasteiger partial charge in [0.05, 0.1) is 36.9 Å². The summed E-state index contributed by atoms with van der Waals surface area (Å²) in [6.07, 6.45) is 2.98. The van der Waals surface area contributed by atoms with Crippen LogP contribution >= 0.6 is 11.6 Å². The van der Waals surface area contributed by atoms with E-state index in [0.29, 0.717) is 27.6 Å². The Morgan fingerprint density at radius 1 is 1.31 bits per heavy atom. The number of halogens is 3. The number of hydrogen-bond donors (Lipinski definition) is 2. The van der Waals surface area contributed by atoms with E-state index in [9.17, 15) is 18.4 Å². The largest absolute Gasteiger partial charge is 0.344 e. The molecule has 1 saturated heterocycles. The second kappa shape index (κ2) is 7.23. The molecule has 32 heavy (non-hydrogen) atoms. The number of fused-ring (bicyclic) bond motifs is 2. The number of nitrogens with one attached hydrogen (secondary N) is 2. The summed E-state index contributed by atoms with van der Waals surface area (Å²) in [5.74, 6) is -4.00. The zero-order valence-electron chi connectivity index (χ0n) is 16.7. The van der Waals surface area contributed by atoms with Gasteiger partial charge >= 0.3 is 0 Å². The van der Waals surface area contributed by atoms with Crippen molar-refractivity contribution in [1.29, 1.82) is 0 Å². The lowest BCUT2D eigenvalue weighted by molar-refractivity contribution is -0.164. The lowest BCUT2D eigenvalue weighted by Crippen LogP contribution is -2.60. The van der Waals surface area contributed by atoms with Crippen LogP contribution in [0.15, 0.2) is 30.6 Å².